The Bertz CT molecular complexity index is 828. The number of carbonyl (C=O) groups is 1. The number of nitrogens with zero attached hydrogens (tertiary/aromatic N) is 2. The number of aryl methyl sites for hydroxylation is 2. The minimum Gasteiger partial charge on any atom is -0.294 e. The zero-order valence-electron chi connectivity index (χ0n) is 13.2. The van der Waals surface area contributed by atoms with Gasteiger partial charge in [-0.3, -0.25) is 4.79 Å². The summed E-state index contributed by atoms with van der Waals surface area (Å²) in [5.74, 6) is 1.10. The molecule has 2 heterocycles. The summed E-state index contributed by atoms with van der Waals surface area (Å²) in [6.45, 7) is 4.25. The van der Waals surface area contributed by atoms with Crippen molar-refractivity contribution < 1.29 is 4.79 Å². The second-order valence-electron chi connectivity index (χ2n) is 5.38. The number of fused-ring (bicyclic) bond motifs is 1. The van der Waals surface area contributed by atoms with Crippen LogP contribution in [0.5, 0.6) is 0 Å². The van der Waals surface area contributed by atoms with E-state index < -0.39 is 0 Å². The smallest absolute Gasteiger partial charge is 0.162 e. The highest BCUT2D eigenvalue weighted by molar-refractivity contribution is 7.99. The summed E-state index contributed by atoms with van der Waals surface area (Å²) >= 11 is 3.43. The van der Waals surface area contributed by atoms with Gasteiger partial charge in [-0.1, -0.05) is 30.3 Å². The highest BCUT2D eigenvalue weighted by Gasteiger charge is 2.12. The largest absolute Gasteiger partial charge is 0.294 e. The molecule has 0 radical (unpaired) electrons. The van der Waals surface area contributed by atoms with Crippen molar-refractivity contribution in [1.29, 1.82) is 0 Å². The van der Waals surface area contributed by atoms with E-state index in [2.05, 4.69) is 23.8 Å². The van der Waals surface area contributed by atoms with Gasteiger partial charge in [-0.15, -0.1) is 23.1 Å². The maximum atomic E-state index is 12.1. The summed E-state index contributed by atoms with van der Waals surface area (Å²) in [6.07, 6.45) is 3.06. The van der Waals surface area contributed by atoms with E-state index in [1.54, 1.807) is 29.4 Å². The lowest BCUT2D eigenvalue weighted by atomic mass is 10.1. The normalized spacial score (nSPS) is 11.0. The lowest BCUT2D eigenvalue weighted by Gasteiger charge is -2.04. The van der Waals surface area contributed by atoms with Gasteiger partial charge in [0.2, 0.25) is 0 Å². The molecule has 3 nitrogen and oxygen atoms in total. The van der Waals surface area contributed by atoms with Crippen LogP contribution in [-0.4, -0.2) is 21.5 Å². The lowest BCUT2D eigenvalue weighted by molar-refractivity contribution is 0.0982. The van der Waals surface area contributed by atoms with Crippen molar-refractivity contribution >= 4 is 39.1 Å². The molecule has 0 N–H and O–H groups in total. The van der Waals surface area contributed by atoms with Crippen LogP contribution >= 0.6 is 23.1 Å². The molecule has 118 valence electrons. The standard InChI is InChI=1S/C18H18N2OS2/c1-12-13(2)23-18-16(12)17(19-11-20-18)22-10-6-9-15(21)14-7-4-3-5-8-14/h3-5,7-8,11H,6,9-10H2,1-2H3. The molecule has 0 bridgehead atoms. The first kappa shape index (κ1) is 16.1. The highest BCUT2D eigenvalue weighted by Crippen LogP contribution is 2.34. The van der Waals surface area contributed by atoms with Crippen molar-refractivity contribution in [2.45, 2.75) is 31.7 Å². The highest BCUT2D eigenvalue weighted by atomic mass is 32.2. The first-order valence-corrected chi connectivity index (χ1v) is 9.39. The molecule has 3 aromatic rings. The summed E-state index contributed by atoms with van der Waals surface area (Å²) in [5, 5.41) is 2.21. The minimum atomic E-state index is 0.210. The molecule has 0 atom stereocenters. The molecular formula is C18H18N2OS2. The van der Waals surface area contributed by atoms with Crippen LogP contribution in [0.4, 0.5) is 0 Å². The van der Waals surface area contributed by atoms with Crippen LogP contribution < -0.4 is 0 Å². The number of Topliss-reactive ketones (excluding diaryl/α,β-unsaturated/α-hetero) is 1. The van der Waals surface area contributed by atoms with Crippen LogP contribution in [-0.2, 0) is 0 Å². The second-order valence-corrected chi connectivity index (χ2v) is 7.67. The van der Waals surface area contributed by atoms with E-state index in [0.29, 0.717) is 6.42 Å². The Morgan fingerprint density at radius 3 is 2.74 bits per heavy atom. The number of hydrogen-bond acceptors (Lipinski definition) is 5. The van der Waals surface area contributed by atoms with Gasteiger partial charge in [0.1, 0.15) is 16.2 Å². The number of thiophene rings is 1. The third-order valence-electron chi connectivity index (χ3n) is 3.81. The Morgan fingerprint density at radius 2 is 1.96 bits per heavy atom. The average molecular weight is 342 g/mol. The predicted octanol–water partition coefficient (Wildman–Crippen LogP) is 5.06. The Labute approximate surface area is 144 Å². The lowest BCUT2D eigenvalue weighted by Crippen LogP contribution is -1.99. The molecule has 0 aliphatic carbocycles. The van der Waals surface area contributed by atoms with Crippen LogP contribution in [0.3, 0.4) is 0 Å². The van der Waals surface area contributed by atoms with Crippen molar-refractivity contribution in [3.05, 3.63) is 52.7 Å². The fraction of sp³-hybridized carbons (Fsp3) is 0.278. The number of ketones is 1. The van der Waals surface area contributed by atoms with E-state index in [9.17, 15) is 4.79 Å². The maximum Gasteiger partial charge on any atom is 0.162 e. The van der Waals surface area contributed by atoms with Crippen molar-refractivity contribution in [1.82, 2.24) is 9.97 Å². The van der Waals surface area contributed by atoms with Gasteiger partial charge in [0.05, 0.1) is 0 Å². The van der Waals surface area contributed by atoms with E-state index in [4.69, 9.17) is 0 Å². The van der Waals surface area contributed by atoms with Gasteiger partial charge in [0.15, 0.2) is 5.78 Å². The quantitative estimate of drug-likeness (QED) is 0.272. The predicted molar refractivity (Wildman–Crippen MR) is 97.6 cm³/mol. The van der Waals surface area contributed by atoms with Crippen molar-refractivity contribution in [2.75, 3.05) is 5.75 Å². The third-order valence-corrected chi connectivity index (χ3v) is 6.00. The summed E-state index contributed by atoms with van der Waals surface area (Å²) in [6, 6.07) is 9.49. The Kier molecular flexibility index (Phi) is 5.08. The van der Waals surface area contributed by atoms with Crippen LogP contribution in [0.15, 0.2) is 41.7 Å². The Balaban J connectivity index is 1.60. The van der Waals surface area contributed by atoms with Crippen LogP contribution in [0.1, 0.15) is 33.6 Å². The minimum absolute atomic E-state index is 0.210. The second kappa shape index (κ2) is 7.23. The maximum absolute atomic E-state index is 12.1. The van der Waals surface area contributed by atoms with Gasteiger partial charge in [-0.25, -0.2) is 9.97 Å². The summed E-state index contributed by atoms with van der Waals surface area (Å²) in [4.78, 5) is 23.2. The Morgan fingerprint density at radius 1 is 1.17 bits per heavy atom. The molecule has 0 spiro atoms. The van der Waals surface area contributed by atoms with Gasteiger partial charge in [0.25, 0.3) is 0 Å². The molecule has 0 unspecified atom stereocenters. The van der Waals surface area contributed by atoms with E-state index >= 15 is 0 Å². The fourth-order valence-electron chi connectivity index (χ4n) is 2.43. The molecule has 0 amide bonds. The number of rotatable bonds is 6. The molecule has 0 aliphatic rings. The van der Waals surface area contributed by atoms with E-state index in [1.165, 1.54) is 15.8 Å². The Hall–Kier alpha value is -1.72. The zero-order chi connectivity index (χ0) is 16.2. The topological polar surface area (TPSA) is 42.9 Å². The molecule has 0 fully saturated rings. The first-order chi connectivity index (χ1) is 11.2. The molecule has 0 saturated carbocycles. The van der Waals surface area contributed by atoms with Gasteiger partial charge >= 0.3 is 0 Å². The molecule has 0 aliphatic heterocycles. The molecular weight excluding hydrogens is 324 g/mol. The van der Waals surface area contributed by atoms with E-state index in [1.807, 2.05) is 30.3 Å². The van der Waals surface area contributed by atoms with Gasteiger partial charge in [-0.05, 0) is 31.6 Å². The summed E-state index contributed by atoms with van der Waals surface area (Å²) in [5.41, 5.74) is 2.07. The fourth-order valence-corrected chi connectivity index (χ4v) is 4.49. The summed E-state index contributed by atoms with van der Waals surface area (Å²) < 4.78 is 0. The molecule has 0 saturated heterocycles. The number of thioether (sulfide) groups is 1. The molecule has 23 heavy (non-hydrogen) atoms. The third kappa shape index (κ3) is 3.62. The zero-order valence-corrected chi connectivity index (χ0v) is 14.8. The van der Waals surface area contributed by atoms with Crippen molar-refractivity contribution in [3.8, 4) is 0 Å². The average Bonchev–Trinajstić information content (AvgIpc) is 2.87. The molecule has 1 aromatic carbocycles. The number of benzene rings is 1. The van der Waals surface area contributed by atoms with E-state index in [0.717, 1.165) is 27.6 Å². The van der Waals surface area contributed by atoms with Gasteiger partial charge in [0, 0.05) is 22.2 Å². The number of hydrogen-bond donors (Lipinski definition) is 0. The monoisotopic (exact) mass is 342 g/mol. The van der Waals surface area contributed by atoms with Gasteiger partial charge in [-0.2, -0.15) is 0 Å². The van der Waals surface area contributed by atoms with Crippen molar-refractivity contribution in [3.63, 3.8) is 0 Å². The molecule has 3 rings (SSSR count). The van der Waals surface area contributed by atoms with E-state index in [-0.39, 0.29) is 5.78 Å². The van der Waals surface area contributed by atoms with Gasteiger partial charge < -0.3 is 0 Å². The molecule has 2 aromatic heterocycles. The first-order valence-electron chi connectivity index (χ1n) is 7.58. The number of aromatic nitrogens is 2. The molecule has 5 heteroatoms. The summed E-state index contributed by atoms with van der Waals surface area (Å²) in [7, 11) is 0. The SMILES string of the molecule is Cc1sc2ncnc(SCCCC(=O)c3ccccc3)c2c1C. The van der Waals surface area contributed by atoms with Crippen LogP contribution in [0.25, 0.3) is 10.2 Å². The van der Waals surface area contributed by atoms with Crippen molar-refractivity contribution in [2.24, 2.45) is 0 Å². The van der Waals surface area contributed by atoms with Crippen LogP contribution in [0.2, 0.25) is 0 Å². The number of carbonyl (C=O) groups excluding carboxylic acids is 1. The van der Waals surface area contributed by atoms with Crippen LogP contribution in [0, 0.1) is 13.8 Å².